The minimum atomic E-state index is 0.401. The molecule has 1 aromatic carbocycles. The SMILES string of the molecule is ClCc1csc(CCOc2c(Cl)cc(Cl)cc2Cl)n1. The van der Waals surface area contributed by atoms with Crippen LogP contribution < -0.4 is 4.74 Å². The van der Waals surface area contributed by atoms with Crippen molar-refractivity contribution in [3.8, 4) is 5.75 Å². The molecule has 2 rings (SSSR count). The van der Waals surface area contributed by atoms with Crippen LogP contribution in [-0.2, 0) is 12.3 Å². The van der Waals surface area contributed by atoms with Crippen LogP contribution >= 0.6 is 57.7 Å². The predicted octanol–water partition coefficient (Wildman–Crippen LogP) is 5.46. The third-order valence-electron chi connectivity index (χ3n) is 2.26. The molecular weight excluding hydrogens is 348 g/mol. The Morgan fingerprint density at radius 3 is 2.42 bits per heavy atom. The van der Waals surface area contributed by atoms with Crippen molar-refractivity contribution in [1.29, 1.82) is 0 Å². The van der Waals surface area contributed by atoms with Crippen molar-refractivity contribution in [2.75, 3.05) is 6.61 Å². The largest absolute Gasteiger partial charge is 0.490 e. The van der Waals surface area contributed by atoms with Crippen LogP contribution in [0.5, 0.6) is 5.75 Å². The normalized spacial score (nSPS) is 10.7. The first-order valence-corrected chi connectivity index (χ1v) is 7.91. The summed E-state index contributed by atoms with van der Waals surface area (Å²) < 4.78 is 5.58. The highest BCUT2D eigenvalue weighted by Gasteiger charge is 2.09. The fourth-order valence-corrected chi connectivity index (χ4v) is 3.37. The summed E-state index contributed by atoms with van der Waals surface area (Å²) in [6.45, 7) is 0.441. The first kappa shape index (κ1) is 15.2. The van der Waals surface area contributed by atoms with Gasteiger partial charge in [0.1, 0.15) is 0 Å². The summed E-state index contributed by atoms with van der Waals surface area (Å²) >= 11 is 25.1. The van der Waals surface area contributed by atoms with Gasteiger partial charge in [0.2, 0.25) is 0 Å². The number of hydrogen-bond donors (Lipinski definition) is 0. The van der Waals surface area contributed by atoms with Crippen molar-refractivity contribution < 1.29 is 4.74 Å². The number of benzene rings is 1. The van der Waals surface area contributed by atoms with Gasteiger partial charge in [-0.1, -0.05) is 34.8 Å². The van der Waals surface area contributed by atoms with E-state index in [9.17, 15) is 0 Å². The number of aromatic nitrogens is 1. The van der Waals surface area contributed by atoms with Gasteiger partial charge in [-0.2, -0.15) is 0 Å². The fraction of sp³-hybridized carbons (Fsp3) is 0.250. The van der Waals surface area contributed by atoms with Crippen LogP contribution in [0.4, 0.5) is 0 Å². The molecule has 0 fully saturated rings. The van der Waals surface area contributed by atoms with Gasteiger partial charge >= 0.3 is 0 Å². The summed E-state index contributed by atoms with van der Waals surface area (Å²) in [7, 11) is 0. The van der Waals surface area contributed by atoms with E-state index in [0.29, 0.717) is 39.7 Å². The Balaban J connectivity index is 1.96. The summed E-state index contributed by atoms with van der Waals surface area (Å²) in [6, 6.07) is 3.19. The molecule has 0 spiro atoms. The molecule has 0 aliphatic rings. The Morgan fingerprint density at radius 2 is 1.84 bits per heavy atom. The van der Waals surface area contributed by atoms with Gasteiger partial charge in [0.25, 0.3) is 0 Å². The van der Waals surface area contributed by atoms with Gasteiger partial charge < -0.3 is 4.74 Å². The van der Waals surface area contributed by atoms with Crippen LogP contribution in [0.15, 0.2) is 17.5 Å². The number of nitrogens with zero attached hydrogens (tertiary/aromatic N) is 1. The predicted molar refractivity (Wildman–Crippen MR) is 82.3 cm³/mol. The zero-order chi connectivity index (χ0) is 13.8. The van der Waals surface area contributed by atoms with Gasteiger partial charge in [0.15, 0.2) is 5.75 Å². The minimum Gasteiger partial charge on any atom is -0.490 e. The first-order valence-electron chi connectivity index (χ1n) is 5.36. The third-order valence-corrected chi connectivity index (χ3v) is 4.27. The molecule has 0 radical (unpaired) electrons. The molecule has 0 atom stereocenters. The Labute approximate surface area is 135 Å². The molecule has 0 unspecified atom stereocenters. The second-order valence-corrected chi connectivity index (χ2v) is 6.12. The molecule has 0 aliphatic heterocycles. The van der Waals surface area contributed by atoms with Gasteiger partial charge in [-0.3, -0.25) is 0 Å². The van der Waals surface area contributed by atoms with Gasteiger partial charge in [0.05, 0.1) is 33.2 Å². The summed E-state index contributed by atoms with van der Waals surface area (Å²) in [4.78, 5) is 4.34. The van der Waals surface area contributed by atoms with Crippen molar-refractivity contribution in [3.05, 3.63) is 43.3 Å². The highest BCUT2D eigenvalue weighted by atomic mass is 35.5. The number of hydrogen-bond acceptors (Lipinski definition) is 3. The van der Waals surface area contributed by atoms with Crippen LogP contribution in [0.2, 0.25) is 15.1 Å². The van der Waals surface area contributed by atoms with E-state index in [1.807, 2.05) is 5.38 Å². The lowest BCUT2D eigenvalue weighted by atomic mass is 10.3. The molecule has 2 aromatic rings. The molecule has 2 nitrogen and oxygen atoms in total. The topological polar surface area (TPSA) is 22.1 Å². The molecule has 0 amide bonds. The molecule has 102 valence electrons. The van der Waals surface area contributed by atoms with Crippen molar-refractivity contribution >= 4 is 57.7 Å². The third kappa shape index (κ3) is 4.14. The van der Waals surface area contributed by atoms with Gasteiger partial charge in [-0.15, -0.1) is 22.9 Å². The summed E-state index contributed by atoms with van der Waals surface area (Å²) in [6.07, 6.45) is 0.677. The summed E-state index contributed by atoms with van der Waals surface area (Å²) in [5.74, 6) is 0.869. The quantitative estimate of drug-likeness (QED) is 0.663. The molecule has 0 saturated heterocycles. The highest BCUT2D eigenvalue weighted by molar-refractivity contribution is 7.09. The maximum absolute atomic E-state index is 6.02. The monoisotopic (exact) mass is 355 g/mol. The van der Waals surface area contributed by atoms with Crippen LogP contribution in [0.3, 0.4) is 0 Å². The van der Waals surface area contributed by atoms with Crippen molar-refractivity contribution in [1.82, 2.24) is 4.98 Å². The van der Waals surface area contributed by atoms with Crippen molar-refractivity contribution in [2.24, 2.45) is 0 Å². The summed E-state index contributed by atoms with van der Waals surface area (Å²) in [5.41, 5.74) is 0.879. The molecular formula is C12H9Cl4NOS. The van der Waals surface area contributed by atoms with E-state index in [-0.39, 0.29) is 0 Å². The highest BCUT2D eigenvalue weighted by Crippen LogP contribution is 2.35. The van der Waals surface area contributed by atoms with Crippen LogP contribution in [0.25, 0.3) is 0 Å². The average Bonchev–Trinajstić information content (AvgIpc) is 2.80. The lowest BCUT2D eigenvalue weighted by Crippen LogP contribution is -2.02. The van der Waals surface area contributed by atoms with E-state index in [1.54, 1.807) is 23.5 Å². The van der Waals surface area contributed by atoms with Crippen molar-refractivity contribution in [2.45, 2.75) is 12.3 Å². The average molecular weight is 357 g/mol. The number of ether oxygens (including phenoxy) is 1. The Morgan fingerprint density at radius 1 is 1.16 bits per heavy atom. The van der Waals surface area contributed by atoms with Crippen LogP contribution in [0.1, 0.15) is 10.7 Å². The number of thiazole rings is 1. The van der Waals surface area contributed by atoms with E-state index in [1.165, 1.54) is 0 Å². The molecule has 7 heteroatoms. The van der Waals surface area contributed by atoms with Gasteiger partial charge in [-0.05, 0) is 12.1 Å². The molecule has 0 N–H and O–H groups in total. The van der Waals surface area contributed by atoms with Gasteiger partial charge in [0, 0.05) is 16.8 Å². The lowest BCUT2D eigenvalue weighted by Gasteiger charge is -2.09. The lowest BCUT2D eigenvalue weighted by molar-refractivity contribution is 0.322. The number of rotatable bonds is 5. The van der Waals surface area contributed by atoms with Crippen LogP contribution in [0, 0.1) is 0 Å². The van der Waals surface area contributed by atoms with E-state index in [4.69, 9.17) is 51.1 Å². The second kappa shape index (κ2) is 7.00. The van der Waals surface area contributed by atoms with Gasteiger partial charge in [-0.25, -0.2) is 4.98 Å². The number of halogens is 4. The zero-order valence-corrected chi connectivity index (χ0v) is 13.5. The fourth-order valence-electron chi connectivity index (χ4n) is 1.43. The zero-order valence-electron chi connectivity index (χ0n) is 9.63. The van der Waals surface area contributed by atoms with E-state index in [2.05, 4.69) is 4.98 Å². The maximum atomic E-state index is 6.02. The molecule has 1 aromatic heterocycles. The van der Waals surface area contributed by atoms with E-state index in [0.717, 1.165) is 10.7 Å². The van der Waals surface area contributed by atoms with E-state index < -0.39 is 0 Å². The van der Waals surface area contributed by atoms with Crippen molar-refractivity contribution in [3.63, 3.8) is 0 Å². The number of alkyl halides is 1. The molecule has 0 aliphatic carbocycles. The molecule has 0 saturated carbocycles. The second-order valence-electron chi connectivity index (χ2n) is 3.66. The smallest absolute Gasteiger partial charge is 0.156 e. The first-order chi connectivity index (χ1) is 9.10. The van der Waals surface area contributed by atoms with Crippen LogP contribution in [-0.4, -0.2) is 11.6 Å². The standard InChI is InChI=1S/C12H9Cl4NOS/c13-5-8-6-19-11(17-8)1-2-18-12-9(15)3-7(14)4-10(12)16/h3-4,6H,1-2,5H2. The molecule has 1 heterocycles. The molecule has 0 bridgehead atoms. The summed E-state index contributed by atoms with van der Waals surface area (Å²) in [5, 5.41) is 4.19. The maximum Gasteiger partial charge on any atom is 0.156 e. The minimum absolute atomic E-state index is 0.401. The Kier molecular flexibility index (Phi) is 5.60. The molecule has 19 heavy (non-hydrogen) atoms. The van der Waals surface area contributed by atoms with E-state index >= 15 is 0 Å². The Bertz CT molecular complexity index is 550. The Hall–Kier alpha value is -0.190.